The van der Waals surface area contributed by atoms with Crippen LogP contribution in [-0.2, 0) is 40.0 Å². The van der Waals surface area contributed by atoms with Gasteiger partial charge in [0.1, 0.15) is 12.3 Å². The predicted octanol–water partition coefficient (Wildman–Crippen LogP) is 3.74. The van der Waals surface area contributed by atoms with E-state index in [9.17, 15) is 22.6 Å². The number of nitrogens with zero attached hydrogens (tertiary/aromatic N) is 1. The van der Waals surface area contributed by atoms with E-state index in [1.54, 1.807) is 30.3 Å². The highest BCUT2D eigenvalue weighted by atomic mass is 35.5. The van der Waals surface area contributed by atoms with E-state index in [0.717, 1.165) is 13.4 Å². The van der Waals surface area contributed by atoms with Crippen molar-refractivity contribution in [3.05, 3.63) is 58.1 Å². The van der Waals surface area contributed by atoms with E-state index in [2.05, 4.69) is 10.1 Å². The Balaban J connectivity index is 1.76. The molecule has 1 aliphatic rings. The van der Waals surface area contributed by atoms with E-state index in [-0.39, 0.29) is 28.1 Å². The summed E-state index contributed by atoms with van der Waals surface area (Å²) < 4.78 is 58.8. The molecule has 0 aliphatic carbocycles. The van der Waals surface area contributed by atoms with Crippen molar-refractivity contribution in [2.45, 2.75) is 12.6 Å². The molecule has 2 unspecified atom stereocenters. The monoisotopic (exact) mass is 552 g/mol. The van der Waals surface area contributed by atoms with Crippen LogP contribution in [0.4, 0.5) is 10.5 Å². The first kappa shape index (κ1) is 26.1. The van der Waals surface area contributed by atoms with Gasteiger partial charge in [-0.2, -0.15) is 4.08 Å². The van der Waals surface area contributed by atoms with Crippen LogP contribution in [0.2, 0.25) is 10.0 Å². The second kappa shape index (κ2) is 10.4. The number of esters is 1. The molecule has 184 valence electrons. The zero-order chi connectivity index (χ0) is 25.1. The first-order chi connectivity index (χ1) is 15.9. The Bertz CT molecular complexity index is 1240. The standard InChI is InChI=1S/C19H19Cl2N2O9PS/c1-29-18(24)15(22-19(25)30-10-12-6-4-3-5-7-12)11-31-33(26)23(34(2,27)28)16-9-13(20)8-14(21)17(16)32-33/h3-9,15H,10-11H2,1-2H3,(H,22,25). The summed E-state index contributed by atoms with van der Waals surface area (Å²) in [4.78, 5) is 24.3. The average Bonchev–Trinajstić information content (AvgIpc) is 3.08. The molecule has 1 heterocycles. The van der Waals surface area contributed by atoms with E-state index < -0.39 is 42.5 Å². The Morgan fingerprint density at radius 3 is 2.50 bits per heavy atom. The van der Waals surface area contributed by atoms with Crippen LogP contribution in [0.15, 0.2) is 42.5 Å². The summed E-state index contributed by atoms with van der Waals surface area (Å²) in [5.74, 6) is -1.20. The summed E-state index contributed by atoms with van der Waals surface area (Å²) in [6, 6.07) is 9.70. The number of amides is 1. The van der Waals surface area contributed by atoms with Crippen molar-refractivity contribution in [1.82, 2.24) is 5.32 Å². The first-order valence-electron chi connectivity index (χ1n) is 9.43. The Kier molecular flexibility index (Phi) is 7.99. The molecule has 1 N–H and O–H groups in total. The summed E-state index contributed by atoms with van der Waals surface area (Å²) in [5, 5.41) is 2.17. The van der Waals surface area contributed by atoms with Crippen molar-refractivity contribution in [1.29, 1.82) is 0 Å². The number of ether oxygens (including phenoxy) is 2. The van der Waals surface area contributed by atoms with Gasteiger partial charge in [-0.1, -0.05) is 53.5 Å². The van der Waals surface area contributed by atoms with Gasteiger partial charge in [-0.15, -0.1) is 0 Å². The van der Waals surface area contributed by atoms with Crippen LogP contribution >= 0.6 is 30.9 Å². The Hall–Kier alpha value is -2.50. The van der Waals surface area contributed by atoms with E-state index in [1.165, 1.54) is 12.1 Å². The molecular weight excluding hydrogens is 534 g/mol. The molecule has 0 aromatic heterocycles. The fourth-order valence-electron chi connectivity index (χ4n) is 2.89. The molecule has 0 bridgehead atoms. The lowest BCUT2D eigenvalue weighted by Gasteiger charge is -2.23. The third kappa shape index (κ3) is 5.94. The molecule has 0 radical (unpaired) electrons. The maximum atomic E-state index is 13.4. The SMILES string of the molecule is COC(=O)C(COP1(=O)Oc2c(Cl)cc(Cl)cc2N1S(C)(=O)=O)NC(=O)OCc1ccccc1. The van der Waals surface area contributed by atoms with E-state index in [1.807, 2.05) is 0 Å². The molecule has 3 rings (SSSR count). The van der Waals surface area contributed by atoms with E-state index in [0.29, 0.717) is 9.64 Å². The Labute approximate surface area is 205 Å². The number of benzene rings is 2. The number of alkyl carbamates (subject to hydrolysis) is 1. The maximum Gasteiger partial charge on any atom is 0.503 e. The normalized spacial score (nSPS) is 17.9. The van der Waals surface area contributed by atoms with Gasteiger partial charge in [0.15, 0.2) is 11.8 Å². The number of fused-ring (bicyclic) bond motifs is 1. The minimum Gasteiger partial charge on any atom is -0.467 e. The lowest BCUT2D eigenvalue weighted by molar-refractivity contribution is -0.143. The van der Waals surface area contributed by atoms with Crippen molar-refractivity contribution in [2.75, 3.05) is 24.0 Å². The third-order valence-electron chi connectivity index (χ3n) is 4.33. The number of hydrogen-bond acceptors (Lipinski definition) is 9. The second-order valence-electron chi connectivity index (χ2n) is 6.88. The van der Waals surface area contributed by atoms with Crippen LogP contribution in [-0.4, -0.2) is 46.5 Å². The van der Waals surface area contributed by atoms with Crippen LogP contribution < -0.4 is 13.9 Å². The predicted molar refractivity (Wildman–Crippen MR) is 124 cm³/mol. The Morgan fingerprint density at radius 2 is 1.88 bits per heavy atom. The van der Waals surface area contributed by atoms with Gasteiger partial charge in [0.25, 0.3) is 0 Å². The number of anilines is 1. The van der Waals surface area contributed by atoms with Crippen LogP contribution in [0, 0.1) is 0 Å². The first-order valence-corrected chi connectivity index (χ1v) is 13.5. The zero-order valence-electron chi connectivity index (χ0n) is 17.8. The van der Waals surface area contributed by atoms with Crippen molar-refractivity contribution in [2.24, 2.45) is 0 Å². The average molecular weight is 553 g/mol. The molecule has 11 nitrogen and oxygen atoms in total. The highest BCUT2D eigenvalue weighted by Gasteiger charge is 2.51. The molecule has 15 heteroatoms. The van der Waals surface area contributed by atoms with Gasteiger partial charge in [0.2, 0.25) is 10.0 Å². The molecule has 0 spiro atoms. The van der Waals surface area contributed by atoms with Gasteiger partial charge in [0, 0.05) is 5.02 Å². The maximum absolute atomic E-state index is 13.4. The number of carbonyl (C=O) groups excluding carboxylic acids is 2. The summed E-state index contributed by atoms with van der Waals surface area (Å²) in [5.41, 5.74) is 0.498. The van der Waals surface area contributed by atoms with Crippen LogP contribution in [0.3, 0.4) is 0 Å². The van der Waals surface area contributed by atoms with Crippen molar-refractivity contribution in [3.63, 3.8) is 0 Å². The molecule has 1 amide bonds. The molecule has 34 heavy (non-hydrogen) atoms. The largest absolute Gasteiger partial charge is 0.503 e. The molecule has 2 aromatic carbocycles. The molecule has 0 saturated heterocycles. The van der Waals surface area contributed by atoms with Gasteiger partial charge in [-0.3, -0.25) is 4.52 Å². The molecule has 0 saturated carbocycles. The molecule has 0 fully saturated rings. The number of sulfonamides is 1. The molecule has 2 atom stereocenters. The van der Waals surface area contributed by atoms with E-state index in [4.69, 9.17) is 37.0 Å². The van der Waals surface area contributed by atoms with Crippen molar-refractivity contribution < 1.29 is 41.1 Å². The third-order valence-corrected chi connectivity index (χ3v) is 8.70. The van der Waals surface area contributed by atoms with Crippen molar-refractivity contribution in [3.8, 4) is 5.75 Å². The van der Waals surface area contributed by atoms with Crippen LogP contribution in [0.25, 0.3) is 0 Å². The topological polar surface area (TPSA) is 138 Å². The fraction of sp³-hybridized carbons (Fsp3) is 0.263. The number of hydrogen-bond donors (Lipinski definition) is 1. The lowest BCUT2D eigenvalue weighted by Crippen LogP contribution is -2.45. The highest BCUT2D eigenvalue weighted by Crippen LogP contribution is 2.65. The minimum atomic E-state index is -4.64. The number of methoxy groups -OCH3 is 1. The highest BCUT2D eigenvalue weighted by molar-refractivity contribution is 7.99. The van der Waals surface area contributed by atoms with Gasteiger partial charge < -0.3 is 19.3 Å². The summed E-state index contributed by atoms with van der Waals surface area (Å²) in [6.45, 7) is -0.866. The number of rotatable bonds is 8. The Morgan fingerprint density at radius 1 is 1.21 bits per heavy atom. The van der Waals surface area contributed by atoms with Crippen LogP contribution in [0.5, 0.6) is 5.75 Å². The van der Waals surface area contributed by atoms with Gasteiger partial charge in [-0.25, -0.2) is 22.6 Å². The van der Waals surface area contributed by atoms with Gasteiger partial charge in [0.05, 0.1) is 25.0 Å². The van der Waals surface area contributed by atoms with Gasteiger partial charge >= 0.3 is 19.8 Å². The second-order valence-corrected chi connectivity index (χ2v) is 11.6. The summed E-state index contributed by atoms with van der Waals surface area (Å²) >= 11 is 12.0. The molecule has 2 aromatic rings. The number of nitrogens with one attached hydrogen (secondary N) is 1. The van der Waals surface area contributed by atoms with Gasteiger partial charge in [-0.05, 0) is 17.7 Å². The smallest absolute Gasteiger partial charge is 0.467 e. The van der Waals surface area contributed by atoms with Crippen LogP contribution in [0.1, 0.15) is 5.56 Å². The summed E-state index contributed by atoms with van der Waals surface area (Å²) in [7, 11) is -7.80. The minimum absolute atomic E-state index is 0.0599. The fourth-order valence-corrected chi connectivity index (χ4v) is 7.06. The lowest BCUT2D eigenvalue weighted by atomic mass is 10.2. The molecular formula is C19H19Cl2N2O9PS. The zero-order valence-corrected chi connectivity index (χ0v) is 21.0. The molecule has 1 aliphatic heterocycles. The number of carbonyl (C=O) groups is 2. The van der Waals surface area contributed by atoms with E-state index >= 15 is 0 Å². The number of halogens is 2. The summed E-state index contributed by atoms with van der Waals surface area (Å²) in [6.07, 6.45) is -0.223. The van der Waals surface area contributed by atoms with Crippen molar-refractivity contribution >= 4 is 58.7 Å². The quantitative estimate of drug-likeness (QED) is 0.383.